The average Bonchev–Trinajstić information content (AvgIpc) is 2.98. The van der Waals surface area contributed by atoms with E-state index in [2.05, 4.69) is 14.9 Å². The second-order valence-corrected chi connectivity index (χ2v) is 5.92. The van der Waals surface area contributed by atoms with Gasteiger partial charge in [0.05, 0.1) is 5.69 Å². The molecule has 0 fully saturated rings. The maximum atomic E-state index is 12.3. The Morgan fingerprint density at radius 1 is 1.45 bits per heavy atom. The quantitative estimate of drug-likeness (QED) is 0.841. The maximum absolute atomic E-state index is 12.3. The van der Waals surface area contributed by atoms with Crippen molar-refractivity contribution in [2.75, 3.05) is 13.7 Å². The summed E-state index contributed by atoms with van der Waals surface area (Å²) in [5, 5.41) is 7.49. The Bertz CT molecular complexity index is 633. The summed E-state index contributed by atoms with van der Waals surface area (Å²) in [7, 11) is 1.59. The average molecular weight is 340 g/mol. The number of hydrogen-bond acceptors (Lipinski definition) is 5. The Hall–Kier alpha value is -1.50. The largest absolute Gasteiger partial charge is 0.375 e. The molecule has 1 heterocycles. The summed E-state index contributed by atoms with van der Waals surface area (Å²) in [6.45, 7) is 2.38. The molecule has 0 spiro atoms. The van der Waals surface area contributed by atoms with Gasteiger partial charge in [0.2, 0.25) is 0 Å². The molecule has 118 valence electrons. The van der Waals surface area contributed by atoms with Gasteiger partial charge in [-0.2, -0.15) is 0 Å². The van der Waals surface area contributed by atoms with Gasteiger partial charge in [-0.25, -0.2) is 0 Å². The van der Waals surface area contributed by atoms with Gasteiger partial charge in [-0.05, 0) is 24.0 Å². The normalized spacial score (nSPS) is 12.1. The lowest BCUT2D eigenvalue weighted by Gasteiger charge is -2.17. The number of halogens is 1. The van der Waals surface area contributed by atoms with Gasteiger partial charge in [0.15, 0.2) is 0 Å². The van der Waals surface area contributed by atoms with Crippen LogP contribution < -0.4 is 5.32 Å². The number of carbonyl (C=O) groups excluding carboxylic acids is 1. The van der Waals surface area contributed by atoms with Crippen molar-refractivity contribution in [3.8, 4) is 0 Å². The van der Waals surface area contributed by atoms with E-state index in [1.54, 1.807) is 13.2 Å². The maximum Gasteiger partial charge on any atom is 0.265 e. The Kier molecular flexibility index (Phi) is 6.30. The van der Waals surface area contributed by atoms with Crippen LogP contribution in [0.15, 0.2) is 24.3 Å². The smallest absolute Gasteiger partial charge is 0.265 e. The van der Waals surface area contributed by atoms with Gasteiger partial charge in [0.25, 0.3) is 5.91 Å². The van der Waals surface area contributed by atoms with Crippen LogP contribution in [0.4, 0.5) is 0 Å². The molecule has 0 unspecified atom stereocenters. The molecule has 0 aliphatic heterocycles. The van der Waals surface area contributed by atoms with E-state index in [0.717, 1.165) is 35.6 Å². The molecule has 2 aromatic rings. The third-order valence-corrected chi connectivity index (χ3v) is 4.34. The van der Waals surface area contributed by atoms with Gasteiger partial charge in [-0.1, -0.05) is 47.6 Å². The monoisotopic (exact) mass is 339 g/mol. The summed E-state index contributed by atoms with van der Waals surface area (Å²) in [5.41, 5.74) is 1.60. The van der Waals surface area contributed by atoms with Crippen LogP contribution in [0.3, 0.4) is 0 Å². The Labute approximate surface area is 138 Å². The van der Waals surface area contributed by atoms with Crippen LogP contribution in [0.1, 0.15) is 40.4 Å². The zero-order valence-electron chi connectivity index (χ0n) is 12.5. The minimum atomic E-state index is -0.298. The lowest BCUT2D eigenvalue weighted by molar-refractivity contribution is 0.0830. The van der Waals surface area contributed by atoms with Crippen molar-refractivity contribution in [2.45, 2.75) is 25.9 Å². The number of rotatable bonds is 7. The number of carbonyl (C=O) groups is 1. The highest BCUT2D eigenvalue weighted by Crippen LogP contribution is 2.24. The van der Waals surface area contributed by atoms with Gasteiger partial charge < -0.3 is 10.1 Å². The summed E-state index contributed by atoms with van der Waals surface area (Å²) in [4.78, 5) is 12.8. The van der Waals surface area contributed by atoms with Crippen LogP contribution in [0.5, 0.6) is 0 Å². The molecule has 5 nitrogen and oxygen atoms in total. The third-order valence-electron chi connectivity index (χ3n) is 3.23. The van der Waals surface area contributed by atoms with E-state index in [9.17, 15) is 4.79 Å². The molecule has 0 aliphatic carbocycles. The van der Waals surface area contributed by atoms with Crippen LogP contribution in [0.25, 0.3) is 0 Å². The molecule has 2 rings (SSSR count). The Morgan fingerprint density at radius 2 is 2.23 bits per heavy atom. The van der Waals surface area contributed by atoms with Gasteiger partial charge in [0, 0.05) is 24.2 Å². The number of nitrogens with one attached hydrogen (secondary N) is 1. The molecular formula is C15H18ClN3O2S. The van der Waals surface area contributed by atoms with Crippen molar-refractivity contribution in [1.29, 1.82) is 0 Å². The molecule has 1 aromatic heterocycles. The number of methoxy groups -OCH3 is 1. The van der Waals surface area contributed by atoms with Crippen molar-refractivity contribution in [3.63, 3.8) is 0 Å². The van der Waals surface area contributed by atoms with Crippen LogP contribution in [-0.2, 0) is 11.2 Å². The van der Waals surface area contributed by atoms with Crippen LogP contribution in [0.2, 0.25) is 5.02 Å². The molecule has 1 atom stereocenters. The Balaban J connectivity index is 2.03. The van der Waals surface area contributed by atoms with E-state index in [-0.39, 0.29) is 12.0 Å². The van der Waals surface area contributed by atoms with E-state index in [0.29, 0.717) is 16.4 Å². The number of aromatic nitrogens is 2. The van der Waals surface area contributed by atoms with Crippen molar-refractivity contribution < 1.29 is 9.53 Å². The first-order valence-corrected chi connectivity index (χ1v) is 8.19. The van der Waals surface area contributed by atoms with Crippen LogP contribution in [-0.4, -0.2) is 29.1 Å². The number of hydrogen-bond donors (Lipinski definition) is 1. The molecule has 0 radical (unpaired) electrons. The zero-order chi connectivity index (χ0) is 15.9. The third kappa shape index (κ3) is 4.03. The van der Waals surface area contributed by atoms with Gasteiger partial charge in [0.1, 0.15) is 11.0 Å². The highest BCUT2D eigenvalue weighted by molar-refractivity contribution is 7.08. The second-order valence-electron chi connectivity index (χ2n) is 4.75. The Morgan fingerprint density at radius 3 is 2.91 bits per heavy atom. The minimum Gasteiger partial charge on any atom is -0.375 e. The van der Waals surface area contributed by atoms with Crippen LogP contribution in [0, 0.1) is 0 Å². The summed E-state index contributed by atoms with van der Waals surface area (Å²) >= 11 is 7.28. The highest BCUT2D eigenvalue weighted by Gasteiger charge is 2.19. The molecule has 0 aliphatic rings. The van der Waals surface area contributed by atoms with Gasteiger partial charge >= 0.3 is 0 Å². The SMILES string of the molecule is CCCc1nnsc1C(=O)NC[C@@H](OC)c1ccccc1Cl. The first-order valence-electron chi connectivity index (χ1n) is 7.04. The summed E-state index contributed by atoms with van der Waals surface area (Å²) in [6, 6.07) is 7.44. The predicted molar refractivity (Wildman–Crippen MR) is 87.4 cm³/mol. The first-order chi connectivity index (χ1) is 10.7. The molecule has 0 bridgehead atoms. The number of benzene rings is 1. The van der Waals surface area contributed by atoms with E-state index in [1.807, 2.05) is 25.1 Å². The molecule has 0 saturated heterocycles. The van der Waals surface area contributed by atoms with E-state index < -0.39 is 0 Å². The number of aryl methyl sites for hydroxylation is 1. The molecular weight excluding hydrogens is 322 g/mol. The number of nitrogens with zero attached hydrogens (tertiary/aromatic N) is 2. The standard InChI is InChI=1S/C15H18ClN3O2S/c1-3-6-12-14(22-19-18-12)15(20)17-9-13(21-2)10-7-4-5-8-11(10)16/h4-5,7-8,13H,3,6,9H2,1-2H3,(H,17,20)/t13-/m1/s1. The van der Waals surface area contributed by atoms with Gasteiger partial charge in [-0.15, -0.1) is 5.10 Å². The predicted octanol–water partition coefficient (Wildman–Crippen LogP) is 3.26. The highest BCUT2D eigenvalue weighted by atomic mass is 35.5. The van der Waals surface area contributed by atoms with Crippen molar-refractivity contribution in [1.82, 2.24) is 14.9 Å². The first kappa shape index (κ1) is 16.9. The molecule has 1 amide bonds. The summed E-state index contributed by atoms with van der Waals surface area (Å²) < 4.78 is 9.30. The summed E-state index contributed by atoms with van der Waals surface area (Å²) in [6.07, 6.45) is 1.37. The van der Waals surface area contributed by atoms with Crippen molar-refractivity contribution in [2.24, 2.45) is 0 Å². The fraction of sp³-hybridized carbons (Fsp3) is 0.400. The van der Waals surface area contributed by atoms with Crippen LogP contribution >= 0.6 is 23.1 Å². The lowest BCUT2D eigenvalue weighted by Crippen LogP contribution is -2.29. The number of amides is 1. The van der Waals surface area contributed by atoms with E-state index in [1.165, 1.54) is 0 Å². The fourth-order valence-electron chi connectivity index (χ4n) is 2.10. The molecule has 1 N–H and O–H groups in total. The lowest BCUT2D eigenvalue weighted by atomic mass is 10.1. The topological polar surface area (TPSA) is 64.1 Å². The molecule has 22 heavy (non-hydrogen) atoms. The van der Waals surface area contributed by atoms with E-state index >= 15 is 0 Å². The fourth-order valence-corrected chi connectivity index (χ4v) is 2.99. The second kappa shape index (κ2) is 8.22. The van der Waals surface area contributed by atoms with Gasteiger partial charge in [-0.3, -0.25) is 4.79 Å². The van der Waals surface area contributed by atoms with Crippen molar-refractivity contribution in [3.05, 3.63) is 45.4 Å². The molecule has 7 heteroatoms. The van der Waals surface area contributed by atoms with Crippen molar-refractivity contribution >= 4 is 29.0 Å². The summed E-state index contributed by atoms with van der Waals surface area (Å²) in [5.74, 6) is -0.174. The molecule has 0 saturated carbocycles. The minimum absolute atomic E-state index is 0.174. The zero-order valence-corrected chi connectivity index (χ0v) is 14.1. The van der Waals surface area contributed by atoms with E-state index in [4.69, 9.17) is 16.3 Å². The molecule has 1 aromatic carbocycles. The number of ether oxygens (including phenoxy) is 1.